The van der Waals surface area contributed by atoms with Crippen molar-refractivity contribution < 1.29 is 65.3 Å². The number of ether oxygens (including phenoxy) is 7. The van der Waals surface area contributed by atoms with Gasteiger partial charge in [0.05, 0.1) is 20.8 Å². The number of phosphoric ester groups is 1. The molecule has 1 aromatic rings. The number of nitrogens with zero attached hydrogens (tertiary/aromatic N) is 1. The predicted octanol–water partition coefficient (Wildman–Crippen LogP) is 1.86. The van der Waals surface area contributed by atoms with Gasteiger partial charge in [-0.05, 0) is 19.8 Å². The first kappa shape index (κ1) is 31.1. The van der Waals surface area contributed by atoms with E-state index in [-0.39, 0.29) is 0 Å². The van der Waals surface area contributed by atoms with Crippen molar-refractivity contribution in [2.75, 3.05) is 41.1 Å². The van der Waals surface area contributed by atoms with Gasteiger partial charge >= 0.3 is 25.8 Å². The molecule has 1 N–H and O–H groups in total. The molecule has 0 aromatic carbocycles. The second kappa shape index (κ2) is 12.2. The Morgan fingerprint density at radius 2 is 1.68 bits per heavy atom. The summed E-state index contributed by atoms with van der Waals surface area (Å²) in [6.45, 7) is -2.59. The van der Waals surface area contributed by atoms with Gasteiger partial charge in [-0.1, -0.05) is 0 Å². The standard InChI is InChI=1S/C22H30FN2O15P/c1-20-15(38-22(40-20)7-4-5-8-22)21(10-23,39-16(20)25-9-6-14(26)24-17(25)27)11-35-41(30,36-12-33-18(28)31-2)37-13-34-19(29)32-3/h6,9,15-16H,4-5,7-8,10-13H2,1-3H3,(H,24,26,27)/t15-,16+,20+,21+/m0/s1. The Morgan fingerprint density at radius 1 is 1.07 bits per heavy atom. The highest BCUT2D eigenvalue weighted by Gasteiger charge is 2.72. The lowest BCUT2D eigenvalue weighted by Gasteiger charge is -2.34. The highest BCUT2D eigenvalue weighted by Crippen LogP contribution is 2.60. The van der Waals surface area contributed by atoms with Crippen LogP contribution >= 0.6 is 7.82 Å². The topological polar surface area (TPSA) is 198 Å². The van der Waals surface area contributed by atoms with Gasteiger partial charge in [0.15, 0.2) is 17.6 Å². The Morgan fingerprint density at radius 3 is 2.22 bits per heavy atom. The molecule has 4 rings (SSSR count). The van der Waals surface area contributed by atoms with Crippen LogP contribution in [-0.4, -0.2) is 86.0 Å². The maximum absolute atomic E-state index is 15.0. The Hall–Kier alpha value is -2.86. The third-order valence-electron chi connectivity index (χ3n) is 6.84. The quantitative estimate of drug-likeness (QED) is 0.216. The van der Waals surface area contributed by atoms with E-state index in [0.717, 1.165) is 43.9 Å². The number of alkyl halides is 1. The van der Waals surface area contributed by atoms with Crippen molar-refractivity contribution in [2.45, 2.75) is 61.9 Å². The minimum absolute atomic E-state index is 0.482. The number of rotatable bonds is 11. The molecule has 3 aliphatic rings. The Kier molecular flexibility index (Phi) is 9.22. The molecule has 2 aliphatic heterocycles. The molecule has 3 fully saturated rings. The van der Waals surface area contributed by atoms with Crippen LogP contribution in [0, 0.1) is 0 Å². The highest BCUT2D eigenvalue weighted by molar-refractivity contribution is 7.48. The van der Waals surface area contributed by atoms with Crippen LogP contribution in [0.4, 0.5) is 14.0 Å². The zero-order valence-corrected chi connectivity index (χ0v) is 23.3. The lowest BCUT2D eigenvalue weighted by molar-refractivity contribution is -0.253. The van der Waals surface area contributed by atoms with E-state index >= 15 is 4.39 Å². The van der Waals surface area contributed by atoms with E-state index in [4.69, 9.17) is 27.8 Å². The number of aromatic amines is 1. The number of methoxy groups -OCH3 is 2. The molecular weight excluding hydrogens is 582 g/mol. The molecule has 0 bridgehead atoms. The fraction of sp³-hybridized carbons (Fsp3) is 0.727. The summed E-state index contributed by atoms with van der Waals surface area (Å²) in [6.07, 6.45) is -1.28. The third-order valence-corrected chi connectivity index (χ3v) is 8.13. The number of hydrogen-bond acceptors (Lipinski definition) is 15. The van der Waals surface area contributed by atoms with Crippen molar-refractivity contribution >= 4 is 20.1 Å². The van der Waals surface area contributed by atoms with Gasteiger partial charge in [0.2, 0.25) is 13.6 Å². The summed E-state index contributed by atoms with van der Waals surface area (Å²) in [6, 6.07) is 1.08. The second-order valence-corrected chi connectivity index (χ2v) is 11.2. The summed E-state index contributed by atoms with van der Waals surface area (Å²) in [5.74, 6) is -1.10. The minimum atomic E-state index is -4.79. The van der Waals surface area contributed by atoms with Gasteiger partial charge < -0.3 is 33.2 Å². The molecule has 1 saturated carbocycles. The molecule has 19 heteroatoms. The van der Waals surface area contributed by atoms with Crippen molar-refractivity contribution in [1.82, 2.24) is 9.55 Å². The predicted molar refractivity (Wildman–Crippen MR) is 128 cm³/mol. The van der Waals surface area contributed by atoms with Crippen LogP contribution in [0.5, 0.6) is 0 Å². The van der Waals surface area contributed by atoms with Crippen molar-refractivity contribution in [3.63, 3.8) is 0 Å². The summed E-state index contributed by atoms with van der Waals surface area (Å²) in [5, 5.41) is 0. The van der Waals surface area contributed by atoms with Crippen LogP contribution in [0.15, 0.2) is 21.9 Å². The highest BCUT2D eigenvalue weighted by atomic mass is 31.2. The van der Waals surface area contributed by atoms with Crippen molar-refractivity contribution in [3.8, 4) is 0 Å². The number of carbonyl (C=O) groups is 2. The average molecular weight is 612 g/mol. The van der Waals surface area contributed by atoms with Gasteiger partial charge in [-0.2, -0.15) is 0 Å². The summed E-state index contributed by atoms with van der Waals surface area (Å²) in [5.41, 5.74) is -5.07. The number of H-pyrrole nitrogens is 1. The molecule has 41 heavy (non-hydrogen) atoms. The summed E-state index contributed by atoms with van der Waals surface area (Å²) in [7, 11) is -2.75. The van der Waals surface area contributed by atoms with Gasteiger partial charge in [-0.25, -0.2) is 32.4 Å². The number of fused-ring (bicyclic) bond motifs is 1. The third kappa shape index (κ3) is 6.33. The molecule has 1 aliphatic carbocycles. The number of phosphoric acid groups is 1. The number of nitrogens with one attached hydrogen (secondary N) is 1. The van der Waals surface area contributed by atoms with E-state index in [1.54, 1.807) is 6.92 Å². The van der Waals surface area contributed by atoms with Crippen molar-refractivity contribution in [1.29, 1.82) is 0 Å². The van der Waals surface area contributed by atoms with Gasteiger partial charge in [0, 0.05) is 25.1 Å². The molecule has 0 amide bonds. The molecule has 1 aromatic heterocycles. The monoisotopic (exact) mass is 612 g/mol. The summed E-state index contributed by atoms with van der Waals surface area (Å²) < 4.78 is 81.1. The average Bonchev–Trinajstić information content (AvgIpc) is 3.59. The molecule has 4 atom stereocenters. The van der Waals surface area contributed by atoms with Gasteiger partial charge in [-0.15, -0.1) is 0 Å². The number of hydrogen-bond donors (Lipinski definition) is 1. The van der Waals surface area contributed by atoms with Crippen molar-refractivity contribution in [2.24, 2.45) is 0 Å². The number of carbonyl (C=O) groups excluding carboxylic acids is 2. The molecule has 0 radical (unpaired) electrons. The first-order valence-electron chi connectivity index (χ1n) is 12.3. The van der Waals surface area contributed by atoms with Gasteiger partial charge in [-0.3, -0.25) is 18.9 Å². The largest absolute Gasteiger partial charge is 0.510 e. The Labute approximate surface area is 231 Å². The number of aromatic nitrogens is 2. The maximum Gasteiger partial charge on any atom is 0.510 e. The Balaban J connectivity index is 1.62. The minimum Gasteiger partial charge on any atom is -0.438 e. The molecule has 3 heterocycles. The lowest BCUT2D eigenvalue weighted by Crippen LogP contribution is -2.51. The van der Waals surface area contributed by atoms with E-state index in [9.17, 15) is 23.7 Å². The van der Waals surface area contributed by atoms with Gasteiger partial charge in [0.1, 0.15) is 18.4 Å². The van der Waals surface area contributed by atoms with Crippen LogP contribution < -0.4 is 11.2 Å². The number of halogens is 1. The Bertz CT molecular complexity index is 1260. The van der Waals surface area contributed by atoms with Crippen LogP contribution in [0.25, 0.3) is 0 Å². The van der Waals surface area contributed by atoms with Gasteiger partial charge in [0.25, 0.3) is 5.56 Å². The smallest absolute Gasteiger partial charge is 0.438 e. The van der Waals surface area contributed by atoms with E-state index < -0.39 is 87.6 Å². The molecule has 230 valence electrons. The van der Waals surface area contributed by atoms with Crippen LogP contribution in [-0.2, 0) is 51.3 Å². The van der Waals surface area contributed by atoms with E-state index in [0.29, 0.717) is 12.8 Å². The van der Waals surface area contributed by atoms with Crippen LogP contribution in [0.2, 0.25) is 0 Å². The maximum atomic E-state index is 15.0. The fourth-order valence-electron chi connectivity index (χ4n) is 5.05. The lowest BCUT2D eigenvalue weighted by atomic mass is 9.88. The molecule has 17 nitrogen and oxygen atoms in total. The molecule has 0 unspecified atom stereocenters. The first-order valence-corrected chi connectivity index (χ1v) is 13.8. The van der Waals surface area contributed by atoms with E-state index in [1.807, 2.05) is 0 Å². The van der Waals surface area contributed by atoms with E-state index in [2.05, 4.69) is 23.9 Å². The first-order chi connectivity index (χ1) is 19.4. The zero-order valence-electron chi connectivity index (χ0n) is 22.4. The van der Waals surface area contributed by atoms with Crippen LogP contribution in [0.1, 0.15) is 38.8 Å². The zero-order chi connectivity index (χ0) is 29.9. The SMILES string of the molecule is COC(=O)OCOP(=O)(OCOC(=O)OC)OC[C@@]1(CF)O[C@@H](n2ccc(=O)[nH]c2=O)[C@]2(C)OC3(CCCC3)O[C@H]12. The fourth-order valence-corrected chi connectivity index (χ4v) is 6.01. The normalized spacial score (nSPS) is 28.4. The second-order valence-electron chi connectivity index (χ2n) is 9.50. The molecule has 1 spiro atoms. The summed E-state index contributed by atoms with van der Waals surface area (Å²) >= 11 is 0. The van der Waals surface area contributed by atoms with Crippen molar-refractivity contribution in [3.05, 3.63) is 33.1 Å². The van der Waals surface area contributed by atoms with E-state index in [1.165, 1.54) is 0 Å². The molecular formula is C22H30FN2O15P. The summed E-state index contributed by atoms with van der Waals surface area (Å²) in [4.78, 5) is 49.0. The molecule has 2 saturated heterocycles. The van der Waals surface area contributed by atoms with Crippen LogP contribution in [0.3, 0.4) is 0 Å².